The van der Waals surface area contributed by atoms with Gasteiger partial charge in [0.25, 0.3) is 0 Å². The van der Waals surface area contributed by atoms with E-state index in [1.807, 2.05) is 0 Å². The molecule has 0 bridgehead atoms. The highest BCUT2D eigenvalue weighted by Gasteiger charge is 2.20. The highest BCUT2D eigenvalue weighted by Crippen LogP contribution is 2.24. The average molecular weight is 335 g/mol. The van der Waals surface area contributed by atoms with Crippen LogP contribution in [-0.4, -0.2) is 16.3 Å². The molecule has 0 radical (unpaired) electrons. The lowest BCUT2D eigenvalue weighted by molar-refractivity contribution is -0.703. The molecule has 0 spiro atoms. The van der Waals surface area contributed by atoms with Crippen molar-refractivity contribution in [1.82, 2.24) is 4.57 Å². The Kier molecular flexibility index (Phi) is 5.05. The first-order chi connectivity index (χ1) is 12.0. The van der Waals surface area contributed by atoms with Crippen LogP contribution in [0.5, 0.6) is 0 Å². The first-order valence-electron chi connectivity index (χ1n) is 8.84. The molecule has 25 heavy (non-hydrogen) atoms. The van der Waals surface area contributed by atoms with Gasteiger partial charge in [-0.3, -0.25) is 0 Å². The molecule has 0 amide bonds. The van der Waals surface area contributed by atoms with E-state index in [2.05, 4.69) is 85.6 Å². The van der Waals surface area contributed by atoms with E-state index < -0.39 is 0 Å². The van der Waals surface area contributed by atoms with Gasteiger partial charge in [0.1, 0.15) is 23.6 Å². The fraction of sp³-hybridized carbons (Fsp3) is 0.318. The molecular weight excluding hydrogens is 308 g/mol. The van der Waals surface area contributed by atoms with Gasteiger partial charge < -0.3 is 5.11 Å². The molecule has 1 heterocycles. The van der Waals surface area contributed by atoms with E-state index in [9.17, 15) is 5.11 Å². The number of aromatic nitrogens is 2. The molecule has 0 aliphatic rings. The minimum Gasteiger partial charge on any atom is -0.392 e. The van der Waals surface area contributed by atoms with Crippen molar-refractivity contribution in [3.63, 3.8) is 0 Å². The zero-order valence-electron chi connectivity index (χ0n) is 15.6. The van der Waals surface area contributed by atoms with Crippen LogP contribution < -0.4 is 4.57 Å². The third kappa shape index (κ3) is 3.52. The smallest absolute Gasteiger partial charge is 0.249 e. The van der Waals surface area contributed by atoms with Crippen molar-refractivity contribution < 1.29 is 9.67 Å². The van der Waals surface area contributed by atoms with Crippen LogP contribution in [0.1, 0.15) is 33.6 Å². The van der Waals surface area contributed by atoms with E-state index >= 15 is 0 Å². The third-order valence-electron chi connectivity index (χ3n) is 4.95. The van der Waals surface area contributed by atoms with E-state index in [0.717, 1.165) is 6.42 Å². The highest BCUT2D eigenvalue weighted by molar-refractivity contribution is 5.51. The molecule has 0 saturated carbocycles. The van der Waals surface area contributed by atoms with Crippen molar-refractivity contribution >= 4 is 0 Å². The van der Waals surface area contributed by atoms with Gasteiger partial charge in [0.05, 0.1) is 6.61 Å². The molecular formula is C22H27N2O+. The van der Waals surface area contributed by atoms with Gasteiger partial charge in [0.15, 0.2) is 0 Å². The standard InChI is InChI=1S/C22H27N2O/c1-16-12-21(14-20-8-6-5-7-9-20)13-17(2)22(16)24-15-23(10-11-25)18(3)19(24)4/h5-9,12-13,15,25H,10-11,14H2,1-4H3/q+1. The molecule has 3 nitrogen and oxygen atoms in total. The van der Waals surface area contributed by atoms with Crippen molar-refractivity contribution in [2.24, 2.45) is 0 Å². The summed E-state index contributed by atoms with van der Waals surface area (Å²) in [6.45, 7) is 9.40. The van der Waals surface area contributed by atoms with Gasteiger partial charge in [-0.15, -0.1) is 0 Å². The molecule has 1 aromatic heterocycles. The number of nitrogens with zero attached hydrogens (tertiary/aromatic N) is 2. The quantitative estimate of drug-likeness (QED) is 0.710. The molecule has 0 saturated heterocycles. The molecule has 0 fully saturated rings. The van der Waals surface area contributed by atoms with Crippen LogP contribution in [0.4, 0.5) is 0 Å². The highest BCUT2D eigenvalue weighted by atomic mass is 16.3. The summed E-state index contributed by atoms with van der Waals surface area (Å²) < 4.78 is 4.37. The first-order valence-corrected chi connectivity index (χ1v) is 8.84. The van der Waals surface area contributed by atoms with E-state index in [1.165, 1.54) is 39.3 Å². The molecule has 3 heteroatoms. The summed E-state index contributed by atoms with van der Waals surface area (Å²) in [5.41, 5.74) is 8.89. The van der Waals surface area contributed by atoms with Crippen LogP contribution in [-0.2, 0) is 13.0 Å². The maximum absolute atomic E-state index is 9.27. The molecule has 0 aliphatic carbocycles. The monoisotopic (exact) mass is 335 g/mol. The maximum Gasteiger partial charge on any atom is 0.249 e. The van der Waals surface area contributed by atoms with E-state index in [-0.39, 0.29) is 6.61 Å². The maximum atomic E-state index is 9.27. The molecule has 2 aromatic carbocycles. The predicted molar refractivity (Wildman–Crippen MR) is 101 cm³/mol. The average Bonchev–Trinajstić information content (AvgIpc) is 2.84. The summed E-state index contributed by atoms with van der Waals surface area (Å²) in [5.74, 6) is 0. The topological polar surface area (TPSA) is 29.0 Å². The number of imidazole rings is 1. The zero-order chi connectivity index (χ0) is 18.0. The van der Waals surface area contributed by atoms with Gasteiger partial charge in [0, 0.05) is 13.8 Å². The van der Waals surface area contributed by atoms with Crippen LogP contribution in [0.2, 0.25) is 0 Å². The lowest BCUT2D eigenvalue weighted by atomic mass is 9.99. The number of rotatable bonds is 5. The molecule has 0 atom stereocenters. The largest absolute Gasteiger partial charge is 0.392 e. The van der Waals surface area contributed by atoms with Gasteiger partial charge in [-0.2, -0.15) is 4.57 Å². The van der Waals surface area contributed by atoms with Gasteiger partial charge in [0.2, 0.25) is 6.33 Å². The minimum absolute atomic E-state index is 0.156. The summed E-state index contributed by atoms with van der Waals surface area (Å²) in [5, 5.41) is 9.27. The van der Waals surface area contributed by atoms with Crippen LogP contribution in [0.25, 0.3) is 5.69 Å². The van der Waals surface area contributed by atoms with Crippen LogP contribution >= 0.6 is 0 Å². The van der Waals surface area contributed by atoms with Gasteiger partial charge >= 0.3 is 0 Å². The van der Waals surface area contributed by atoms with Gasteiger partial charge in [-0.1, -0.05) is 42.5 Å². The Morgan fingerprint density at radius 1 is 0.920 bits per heavy atom. The number of hydrogen-bond donors (Lipinski definition) is 1. The second kappa shape index (κ2) is 7.24. The Morgan fingerprint density at radius 2 is 1.56 bits per heavy atom. The summed E-state index contributed by atoms with van der Waals surface area (Å²) in [6.07, 6.45) is 3.06. The lowest BCUT2D eigenvalue weighted by Crippen LogP contribution is -2.36. The second-order valence-corrected chi connectivity index (χ2v) is 6.81. The number of benzene rings is 2. The molecule has 0 aliphatic heterocycles. The minimum atomic E-state index is 0.156. The van der Waals surface area contributed by atoms with Crippen LogP contribution in [0, 0.1) is 27.7 Å². The third-order valence-corrected chi connectivity index (χ3v) is 4.95. The van der Waals surface area contributed by atoms with Crippen molar-refractivity contribution in [3.05, 3.63) is 82.4 Å². The molecule has 130 valence electrons. The fourth-order valence-corrected chi connectivity index (χ4v) is 3.61. The Hall–Kier alpha value is -2.39. The van der Waals surface area contributed by atoms with Crippen molar-refractivity contribution in [2.75, 3.05) is 6.61 Å². The summed E-state index contributed by atoms with van der Waals surface area (Å²) in [7, 11) is 0. The fourth-order valence-electron chi connectivity index (χ4n) is 3.61. The van der Waals surface area contributed by atoms with Gasteiger partial charge in [-0.05, 0) is 42.5 Å². The summed E-state index contributed by atoms with van der Waals surface area (Å²) >= 11 is 0. The molecule has 3 rings (SSSR count). The number of hydrogen-bond acceptors (Lipinski definition) is 1. The van der Waals surface area contributed by atoms with Crippen molar-refractivity contribution in [2.45, 2.75) is 40.7 Å². The molecule has 3 aromatic rings. The van der Waals surface area contributed by atoms with Crippen LogP contribution in [0.3, 0.4) is 0 Å². The lowest BCUT2D eigenvalue weighted by Gasteiger charge is -2.11. The Morgan fingerprint density at radius 3 is 2.16 bits per heavy atom. The van der Waals surface area contributed by atoms with E-state index in [4.69, 9.17) is 0 Å². The normalized spacial score (nSPS) is 11.1. The number of aliphatic hydroxyl groups excluding tert-OH is 1. The number of aryl methyl sites for hydroxylation is 2. The SMILES string of the molecule is Cc1cc(Cc2ccccc2)cc(C)c1-n1c[n+](CCO)c(C)c1C. The second-order valence-electron chi connectivity index (χ2n) is 6.81. The molecule has 0 unspecified atom stereocenters. The summed E-state index contributed by atoms with van der Waals surface area (Å²) in [4.78, 5) is 0. The Labute approximate surface area is 150 Å². The van der Waals surface area contributed by atoms with Crippen molar-refractivity contribution in [3.8, 4) is 5.69 Å². The first kappa shape index (κ1) is 17.4. The van der Waals surface area contributed by atoms with Crippen molar-refractivity contribution in [1.29, 1.82) is 0 Å². The van der Waals surface area contributed by atoms with Gasteiger partial charge in [-0.25, -0.2) is 4.57 Å². The van der Waals surface area contributed by atoms with Crippen LogP contribution in [0.15, 0.2) is 48.8 Å². The Bertz CT molecular complexity index is 856. The zero-order valence-corrected chi connectivity index (χ0v) is 15.6. The summed E-state index contributed by atoms with van der Waals surface area (Å²) in [6, 6.07) is 15.2. The number of aliphatic hydroxyl groups is 1. The predicted octanol–water partition coefficient (Wildman–Crippen LogP) is 3.58. The molecule has 1 N–H and O–H groups in total. The van der Waals surface area contributed by atoms with E-state index in [1.54, 1.807) is 0 Å². The van der Waals surface area contributed by atoms with E-state index in [0.29, 0.717) is 6.54 Å². The Balaban J connectivity index is 2.00.